The monoisotopic (exact) mass is 450 g/mol. The Balaban J connectivity index is 1.42. The van der Waals surface area contributed by atoms with Crippen molar-refractivity contribution in [1.82, 2.24) is 0 Å². The number of benzene rings is 4. The van der Waals surface area contributed by atoms with Gasteiger partial charge in [0.15, 0.2) is 0 Å². The van der Waals surface area contributed by atoms with Crippen LogP contribution in [0.5, 0.6) is 0 Å². The molecule has 0 saturated heterocycles. The van der Waals surface area contributed by atoms with E-state index in [9.17, 15) is 4.79 Å². The zero-order valence-electron chi connectivity index (χ0n) is 20.1. The van der Waals surface area contributed by atoms with E-state index >= 15 is 0 Å². The molecule has 0 fully saturated rings. The summed E-state index contributed by atoms with van der Waals surface area (Å²) in [7, 11) is 0. The predicted molar refractivity (Wildman–Crippen MR) is 137 cm³/mol. The van der Waals surface area contributed by atoms with Gasteiger partial charge in [0, 0.05) is 0 Å². The molecule has 0 bridgehead atoms. The van der Waals surface area contributed by atoms with Crippen LogP contribution in [0.25, 0.3) is 22.3 Å². The standard InChI is InChI=1S/C31H30O3/c1-30(2,27-19-15-25(16-20-27)23-11-7-5-8-12-23)33-29(32)34-31(3,4)28-21-17-26(18-22-28)24-13-9-6-10-14-24/h5-22H,1-4H3. The fourth-order valence-electron chi connectivity index (χ4n) is 3.94. The highest BCUT2D eigenvalue weighted by Gasteiger charge is 2.31. The van der Waals surface area contributed by atoms with Crippen LogP contribution in [0.15, 0.2) is 109 Å². The average molecular weight is 451 g/mol. The van der Waals surface area contributed by atoms with E-state index in [0.29, 0.717) is 0 Å². The van der Waals surface area contributed by atoms with E-state index in [0.717, 1.165) is 33.4 Å². The molecule has 4 aromatic rings. The Hall–Kier alpha value is -3.85. The minimum absolute atomic E-state index is 0.700. The van der Waals surface area contributed by atoms with Crippen molar-refractivity contribution in [2.24, 2.45) is 0 Å². The van der Waals surface area contributed by atoms with Gasteiger partial charge in [-0.15, -0.1) is 0 Å². The first-order valence-electron chi connectivity index (χ1n) is 11.5. The van der Waals surface area contributed by atoms with Gasteiger partial charge in [-0.1, -0.05) is 109 Å². The zero-order valence-corrected chi connectivity index (χ0v) is 20.1. The van der Waals surface area contributed by atoms with Crippen molar-refractivity contribution in [3.05, 3.63) is 120 Å². The zero-order chi connectivity index (χ0) is 24.2. The van der Waals surface area contributed by atoms with Crippen LogP contribution in [-0.4, -0.2) is 6.16 Å². The van der Waals surface area contributed by atoms with Crippen LogP contribution in [-0.2, 0) is 20.7 Å². The summed E-state index contributed by atoms with van der Waals surface area (Å²) in [6.07, 6.45) is -0.700. The van der Waals surface area contributed by atoms with Crippen molar-refractivity contribution >= 4 is 6.16 Å². The molecule has 0 amide bonds. The van der Waals surface area contributed by atoms with E-state index in [2.05, 4.69) is 24.3 Å². The highest BCUT2D eigenvalue weighted by molar-refractivity contribution is 5.66. The van der Waals surface area contributed by atoms with Gasteiger partial charge in [-0.25, -0.2) is 4.79 Å². The number of hydrogen-bond donors (Lipinski definition) is 0. The predicted octanol–water partition coefficient (Wildman–Crippen LogP) is 8.34. The van der Waals surface area contributed by atoms with E-state index in [1.54, 1.807) is 0 Å². The summed E-state index contributed by atoms with van der Waals surface area (Å²) >= 11 is 0. The lowest BCUT2D eigenvalue weighted by atomic mass is 9.95. The van der Waals surface area contributed by atoms with Gasteiger partial charge < -0.3 is 9.47 Å². The highest BCUT2D eigenvalue weighted by atomic mass is 16.7. The molecular formula is C31H30O3. The lowest BCUT2D eigenvalue weighted by Crippen LogP contribution is -2.31. The summed E-state index contributed by atoms with van der Waals surface area (Å²) < 4.78 is 11.5. The Morgan fingerprint density at radius 1 is 0.471 bits per heavy atom. The number of ether oxygens (including phenoxy) is 2. The first kappa shape index (κ1) is 23.3. The van der Waals surface area contributed by atoms with Crippen molar-refractivity contribution in [2.75, 3.05) is 0 Å². The molecule has 34 heavy (non-hydrogen) atoms. The Bertz CT molecular complexity index is 1120. The minimum Gasteiger partial charge on any atom is -0.423 e. The first-order valence-corrected chi connectivity index (χ1v) is 11.5. The second-order valence-corrected chi connectivity index (χ2v) is 9.36. The van der Waals surface area contributed by atoms with Gasteiger partial charge >= 0.3 is 6.16 Å². The molecule has 0 unspecified atom stereocenters. The summed E-state index contributed by atoms with van der Waals surface area (Å²) in [5.41, 5.74) is 4.65. The number of hydrogen-bond acceptors (Lipinski definition) is 3. The normalized spacial score (nSPS) is 11.6. The molecule has 3 nitrogen and oxygen atoms in total. The third-order valence-corrected chi connectivity index (χ3v) is 6.05. The van der Waals surface area contributed by atoms with Crippen LogP contribution in [0.4, 0.5) is 4.79 Å². The second kappa shape index (κ2) is 9.56. The Morgan fingerprint density at radius 3 is 1.09 bits per heavy atom. The maximum absolute atomic E-state index is 12.8. The van der Waals surface area contributed by atoms with Crippen molar-refractivity contribution < 1.29 is 14.3 Å². The highest BCUT2D eigenvalue weighted by Crippen LogP contribution is 2.32. The summed E-state index contributed by atoms with van der Waals surface area (Å²) in [5, 5.41) is 0. The molecule has 0 spiro atoms. The van der Waals surface area contributed by atoms with Gasteiger partial charge in [-0.2, -0.15) is 0 Å². The lowest BCUT2D eigenvalue weighted by molar-refractivity contribution is -0.0633. The molecule has 172 valence electrons. The quantitative estimate of drug-likeness (QED) is 0.277. The molecule has 0 radical (unpaired) electrons. The van der Waals surface area contributed by atoms with E-state index < -0.39 is 17.4 Å². The Labute approximate surface area is 202 Å². The number of carbonyl (C=O) groups is 1. The Kier molecular flexibility index (Phi) is 6.56. The SMILES string of the molecule is CC(C)(OC(=O)OC(C)(C)c1ccc(-c2ccccc2)cc1)c1ccc(-c2ccccc2)cc1. The molecule has 4 rings (SSSR count). The van der Waals surface area contributed by atoms with Gasteiger partial charge in [0.2, 0.25) is 0 Å². The van der Waals surface area contributed by atoms with E-state index in [4.69, 9.17) is 9.47 Å². The molecule has 4 aromatic carbocycles. The maximum Gasteiger partial charge on any atom is 0.510 e. The van der Waals surface area contributed by atoms with Crippen LogP contribution in [0.3, 0.4) is 0 Å². The summed E-state index contributed by atoms with van der Waals surface area (Å²) in [6, 6.07) is 36.5. The van der Waals surface area contributed by atoms with Gasteiger partial charge in [-0.05, 0) is 61.1 Å². The van der Waals surface area contributed by atoms with Crippen molar-refractivity contribution in [2.45, 2.75) is 38.9 Å². The molecule has 0 saturated carbocycles. The third kappa shape index (κ3) is 5.37. The Morgan fingerprint density at radius 2 is 0.765 bits per heavy atom. The fourth-order valence-corrected chi connectivity index (χ4v) is 3.94. The van der Waals surface area contributed by atoms with E-state index in [1.807, 2.05) is 113 Å². The average Bonchev–Trinajstić information content (AvgIpc) is 2.84. The molecule has 0 aliphatic rings. The van der Waals surface area contributed by atoms with Gasteiger partial charge in [-0.3, -0.25) is 0 Å². The minimum atomic E-state index is -0.834. The van der Waals surface area contributed by atoms with Gasteiger partial charge in [0.1, 0.15) is 11.2 Å². The molecule has 0 aliphatic carbocycles. The number of rotatable bonds is 6. The number of carbonyl (C=O) groups excluding carboxylic acids is 1. The largest absolute Gasteiger partial charge is 0.510 e. The molecule has 0 atom stereocenters. The van der Waals surface area contributed by atoms with Gasteiger partial charge in [0.05, 0.1) is 0 Å². The van der Waals surface area contributed by atoms with Crippen LogP contribution in [0.1, 0.15) is 38.8 Å². The molecule has 0 N–H and O–H groups in total. The first-order chi connectivity index (χ1) is 16.2. The van der Waals surface area contributed by atoms with E-state index in [1.165, 1.54) is 0 Å². The maximum atomic E-state index is 12.8. The molecule has 0 aromatic heterocycles. The van der Waals surface area contributed by atoms with Crippen molar-refractivity contribution in [3.8, 4) is 22.3 Å². The van der Waals surface area contributed by atoms with Crippen LogP contribution in [0.2, 0.25) is 0 Å². The smallest absolute Gasteiger partial charge is 0.423 e. The van der Waals surface area contributed by atoms with Crippen molar-refractivity contribution in [1.29, 1.82) is 0 Å². The molecule has 0 aliphatic heterocycles. The topological polar surface area (TPSA) is 35.5 Å². The van der Waals surface area contributed by atoms with Crippen LogP contribution < -0.4 is 0 Å². The summed E-state index contributed by atoms with van der Waals surface area (Å²) in [5.74, 6) is 0. The second-order valence-electron chi connectivity index (χ2n) is 9.36. The lowest BCUT2D eigenvalue weighted by Gasteiger charge is -2.30. The molecular weight excluding hydrogens is 420 g/mol. The van der Waals surface area contributed by atoms with E-state index in [-0.39, 0.29) is 0 Å². The fraction of sp³-hybridized carbons (Fsp3) is 0.194. The van der Waals surface area contributed by atoms with Crippen molar-refractivity contribution in [3.63, 3.8) is 0 Å². The van der Waals surface area contributed by atoms with Crippen LogP contribution >= 0.6 is 0 Å². The third-order valence-electron chi connectivity index (χ3n) is 6.05. The molecule has 3 heteroatoms. The van der Waals surface area contributed by atoms with Gasteiger partial charge in [0.25, 0.3) is 0 Å². The summed E-state index contributed by atoms with van der Waals surface area (Å²) in [4.78, 5) is 12.8. The van der Waals surface area contributed by atoms with Crippen LogP contribution in [0, 0.1) is 0 Å². The summed E-state index contributed by atoms with van der Waals surface area (Å²) in [6.45, 7) is 7.47. The molecule has 0 heterocycles.